The third kappa shape index (κ3) is 4.42. The monoisotopic (exact) mass is 468 g/mol. The molecule has 8 heteroatoms. The SMILES string of the molecule is CCCN(C(=O)CN1C(=O)N(C)C2(CCCCC2)C1=O)C1CCN(C(=O)c2ccccc2)CC1. The summed E-state index contributed by atoms with van der Waals surface area (Å²) in [4.78, 5) is 58.8. The van der Waals surface area contributed by atoms with Gasteiger partial charge in [0.1, 0.15) is 12.1 Å². The van der Waals surface area contributed by atoms with Gasteiger partial charge in [0.25, 0.3) is 11.8 Å². The van der Waals surface area contributed by atoms with Gasteiger partial charge in [-0.3, -0.25) is 19.3 Å². The number of imide groups is 1. The highest BCUT2D eigenvalue weighted by Crippen LogP contribution is 2.39. The summed E-state index contributed by atoms with van der Waals surface area (Å²) >= 11 is 0. The van der Waals surface area contributed by atoms with Crippen molar-refractivity contribution >= 4 is 23.8 Å². The normalized spacial score (nSPS) is 20.8. The van der Waals surface area contributed by atoms with Gasteiger partial charge in [0.2, 0.25) is 5.91 Å². The molecule has 1 spiro atoms. The Hall–Kier alpha value is -2.90. The highest BCUT2D eigenvalue weighted by molar-refractivity contribution is 6.09. The predicted molar refractivity (Wildman–Crippen MR) is 128 cm³/mol. The number of piperidine rings is 1. The lowest BCUT2D eigenvalue weighted by atomic mass is 9.81. The third-order valence-corrected chi connectivity index (χ3v) is 7.78. The first-order valence-electron chi connectivity index (χ1n) is 12.6. The largest absolute Gasteiger partial charge is 0.338 e. The maximum atomic E-state index is 13.4. The summed E-state index contributed by atoms with van der Waals surface area (Å²) in [5, 5.41) is 0. The van der Waals surface area contributed by atoms with E-state index in [0.29, 0.717) is 50.9 Å². The van der Waals surface area contributed by atoms with E-state index in [1.165, 1.54) is 4.90 Å². The van der Waals surface area contributed by atoms with E-state index in [9.17, 15) is 19.2 Å². The maximum Gasteiger partial charge on any atom is 0.327 e. The quantitative estimate of drug-likeness (QED) is 0.601. The molecule has 8 nitrogen and oxygen atoms in total. The standard InChI is InChI=1S/C26H36N4O4/c1-3-16-29(21-12-17-28(18-13-21)23(32)20-10-6-4-7-11-20)22(31)19-30-24(33)26(27(2)25(30)34)14-8-5-9-15-26/h4,6-7,10-11,21H,3,5,8-9,12-19H2,1-2H3. The van der Waals surface area contributed by atoms with Crippen LogP contribution >= 0.6 is 0 Å². The van der Waals surface area contributed by atoms with Gasteiger partial charge in [0.05, 0.1) is 0 Å². The van der Waals surface area contributed by atoms with Gasteiger partial charge in [0.15, 0.2) is 0 Å². The van der Waals surface area contributed by atoms with E-state index in [4.69, 9.17) is 0 Å². The molecule has 1 aromatic carbocycles. The second-order valence-electron chi connectivity index (χ2n) is 9.80. The Kier molecular flexibility index (Phi) is 7.24. The van der Waals surface area contributed by atoms with Crippen LogP contribution in [0.3, 0.4) is 0 Å². The summed E-state index contributed by atoms with van der Waals surface area (Å²) in [5.41, 5.74) is -0.0943. The summed E-state index contributed by atoms with van der Waals surface area (Å²) < 4.78 is 0. The Morgan fingerprint density at radius 1 is 1.03 bits per heavy atom. The molecule has 2 aliphatic heterocycles. The molecule has 1 aliphatic carbocycles. The van der Waals surface area contributed by atoms with Crippen LogP contribution < -0.4 is 0 Å². The lowest BCUT2D eigenvalue weighted by molar-refractivity contribution is -0.142. The molecule has 2 heterocycles. The molecule has 184 valence electrons. The van der Waals surface area contributed by atoms with E-state index in [0.717, 1.165) is 25.7 Å². The molecule has 0 unspecified atom stereocenters. The van der Waals surface area contributed by atoms with Crippen LogP contribution in [0.2, 0.25) is 0 Å². The van der Waals surface area contributed by atoms with Gasteiger partial charge < -0.3 is 14.7 Å². The Balaban J connectivity index is 1.40. The molecule has 0 atom stereocenters. The number of rotatable bonds is 6. The van der Waals surface area contributed by atoms with E-state index in [1.54, 1.807) is 11.9 Å². The van der Waals surface area contributed by atoms with E-state index >= 15 is 0 Å². The van der Waals surface area contributed by atoms with E-state index in [2.05, 4.69) is 0 Å². The van der Waals surface area contributed by atoms with Crippen LogP contribution in [0, 0.1) is 0 Å². The second kappa shape index (κ2) is 10.2. The van der Waals surface area contributed by atoms with Gasteiger partial charge in [-0.2, -0.15) is 0 Å². The lowest BCUT2D eigenvalue weighted by Crippen LogP contribution is -2.52. The summed E-state index contributed by atoms with van der Waals surface area (Å²) in [7, 11) is 1.69. The van der Waals surface area contributed by atoms with Crippen molar-refractivity contribution in [3.8, 4) is 0 Å². The zero-order valence-corrected chi connectivity index (χ0v) is 20.4. The highest BCUT2D eigenvalue weighted by atomic mass is 16.2. The fourth-order valence-corrected chi connectivity index (χ4v) is 5.79. The Bertz CT molecular complexity index is 920. The molecule has 2 saturated heterocycles. The zero-order valence-electron chi connectivity index (χ0n) is 20.4. The number of likely N-dealkylation sites (tertiary alicyclic amines) is 1. The van der Waals surface area contributed by atoms with Crippen LogP contribution in [0.4, 0.5) is 4.79 Å². The minimum Gasteiger partial charge on any atom is -0.338 e. The van der Waals surface area contributed by atoms with Crippen LogP contribution in [0.1, 0.15) is 68.6 Å². The number of amides is 5. The molecule has 34 heavy (non-hydrogen) atoms. The predicted octanol–water partition coefficient (Wildman–Crippen LogP) is 3.13. The van der Waals surface area contributed by atoms with Gasteiger partial charge in [0, 0.05) is 38.3 Å². The number of nitrogens with zero attached hydrogens (tertiary/aromatic N) is 4. The molecule has 1 aromatic rings. The van der Waals surface area contributed by atoms with E-state index < -0.39 is 5.54 Å². The Labute approximate surface area is 201 Å². The molecular weight excluding hydrogens is 432 g/mol. The number of carbonyl (C=O) groups is 4. The Morgan fingerprint density at radius 3 is 2.29 bits per heavy atom. The smallest absolute Gasteiger partial charge is 0.327 e. The van der Waals surface area contributed by atoms with Crippen LogP contribution in [0.25, 0.3) is 0 Å². The molecule has 5 amide bonds. The van der Waals surface area contributed by atoms with Crippen molar-refractivity contribution in [3.63, 3.8) is 0 Å². The van der Waals surface area contributed by atoms with Crippen molar-refractivity contribution < 1.29 is 19.2 Å². The molecule has 3 aliphatic rings. The number of urea groups is 1. The second-order valence-corrected chi connectivity index (χ2v) is 9.80. The van der Waals surface area contributed by atoms with E-state index in [-0.39, 0.29) is 36.3 Å². The van der Waals surface area contributed by atoms with Crippen LogP contribution in [-0.4, -0.2) is 88.2 Å². The van der Waals surface area contributed by atoms with Crippen LogP contribution in [0.5, 0.6) is 0 Å². The van der Waals surface area contributed by atoms with Gasteiger partial charge >= 0.3 is 6.03 Å². The fourth-order valence-electron chi connectivity index (χ4n) is 5.79. The zero-order chi connectivity index (χ0) is 24.3. The summed E-state index contributed by atoms with van der Waals surface area (Å²) in [6.07, 6.45) is 6.44. The number of benzene rings is 1. The van der Waals surface area contributed by atoms with Gasteiger partial charge in [-0.05, 0) is 44.2 Å². The van der Waals surface area contributed by atoms with Crippen molar-refractivity contribution in [1.29, 1.82) is 0 Å². The summed E-state index contributed by atoms with van der Waals surface area (Å²) in [6, 6.07) is 8.89. The number of carbonyl (C=O) groups excluding carboxylic acids is 4. The first-order chi connectivity index (χ1) is 16.4. The number of hydrogen-bond donors (Lipinski definition) is 0. The molecule has 3 fully saturated rings. The fraction of sp³-hybridized carbons (Fsp3) is 0.615. The molecular formula is C26H36N4O4. The maximum absolute atomic E-state index is 13.4. The molecule has 4 rings (SSSR count). The topological polar surface area (TPSA) is 81.2 Å². The molecule has 0 N–H and O–H groups in total. The summed E-state index contributed by atoms with van der Waals surface area (Å²) in [6.45, 7) is 3.56. The average molecular weight is 469 g/mol. The van der Waals surface area contributed by atoms with Gasteiger partial charge in [-0.25, -0.2) is 4.79 Å². The van der Waals surface area contributed by atoms with Crippen molar-refractivity contribution in [2.45, 2.75) is 69.9 Å². The lowest BCUT2D eigenvalue weighted by Gasteiger charge is -2.39. The molecule has 0 radical (unpaired) electrons. The Morgan fingerprint density at radius 2 is 1.68 bits per heavy atom. The first kappa shape index (κ1) is 24.2. The van der Waals surface area contributed by atoms with Crippen LogP contribution in [-0.2, 0) is 9.59 Å². The van der Waals surface area contributed by atoms with Gasteiger partial charge in [-0.1, -0.05) is 44.4 Å². The molecule has 0 bridgehead atoms. The van der Waals surface area contributed by atoms with Crippen LogP contribution in [0.15, 0.2) is 30.3 Å². The number of hydrogen-bond acceptors (Lipinski definition) is 4. The average Bonchev–Trinajstić information content (AvgIpc) is 3.04. The van der Waals surface area contributed by atoms with Crippen molar-refractivity contribution in [3.05, 3.63) is 35.9 Å². The minimum absolute atomic E-state index is 0.00134. The van der Waals surface area contributed by atoms with Crippen molar-refractivity contribution in [1.82, 2.24) is 19.6 Å². The third-order valence-electron chi connectivity index (χ3n) is 7.78. The van der Waals surface area contributed by atoms with Crippen molar-refractivity contribution in [2.24, 2.45) is 0 Å². The molecule has 0 aromatic heterocycles. The molecule has 1 saturated carbocycles. The minimum atomic E-state index is -0.770. The van der Waals surface area contributed by atoms with E-state index in [1.807, 2.05) is 47.1 Å². The number of likely N-dealkylation sites (N-methyl/N-ethyl adjacent to an activating group) is 1. The van der Waals surface area contributed by atoms with Gasteiger partial charge in [-0.15, -0.1) is 0 Å². The highest BCUT2D eigenvalue weighted by Gasteiger charge is 2.56. The summed E-state index contributed by atoms with van der Waals surface area (Å²) in [5.74, 6) is -0.382. The first-order valence-corrected chi connectivity index (χ1v) is 12.6. The van der Waals surface area contributed by atoms with Crippen molar-refractivity contribution in [2.75, 3.05) is 33.2 Å².